The van der Waals surface area contributed by atoms with Crippen LogP contribution in [0.4, 0.5) is 8.78 Å². The highest BCUT2D eigenvalue weighted by Crippen LogP contribution is 2.49. The molecule has 1 heterocycles. The molecule has 1 aliphatic heterocycles. The number of rotatable bonds is 4. The summed E-state index contributed by atoms with van der Waals surface area (Å²) in [6.07, 6.45) is 2.23. The summed E-state index contributed by atoms with van der Waals surface area (Å²) in [7, 11) is 0. The van der Waals surface area contributed by atoms with Crippen LogP contribution >= 0.6 is 0 Å². The molecule has 2 fully saturated rings. The number of nitrogens with one attached hydrogen (secondary N) is 1. The van der Waals surface area contributed by atoms with Crippen LogP contribution in [-0.4, -0.2) is 25.8 Å². The zero-order chi connectivity index (χ0) is 13.3. The zero-order valence-electron chi connectivity index (χ0n) is 10.9. The van der Waals surface area contributed by atoms with Gasteiger partial charge in [0.1, 0.15) is 0 Å². The van der Waals surface area contributed by atoms with Crippen molar-refractivity contribution in [1.82, 2.24) is 5.32 Å². The zero-order valence-corrected chi connectivity index (χ0v) is 10.9. The first-order valence-corrected chi connectivity index (χ1v) is 6.96. The molecule has 0 aromatic heterocycles. The van der Waals surface area contributed by atoms with Crippen LogP contribution in [0.15, 0.2) is 24.3 Å². The quantitative estimate of drug-likeness (QED) is 0.905. The maximum absolute atomic E-state index is 13.9. The third kappa shape index (κ3) is 2.95. The second-order valence-corrected chi connectivity index (χ2v) is 5.50. The first kappa shape index (κ1) is 13.0. The fourth-order valence-electron chi connectivity index (χ4n) is 2.56. The van der Waals surface area contributed by atoms with Crippen LogP contribution in [0.2, 0.25) is 0 Å². The van der Waals surface area contributed by atoms with E-state index in [1.54, 1.807) is 12.1 Å². The summed E-state index contributed by atoms with van der Waals surface area (Å²) in [5, 5.41) is 3.27. The van der Waals surface area contributed by atoms with E-state index in [0.29, 0.717) is 12.8 Å². The fraction of sp³-hybridized carbons (Fsp3) is 0.600. The predicted octanol–water partition coefficient (Wildman–Crippen LogP) is 2.72. The van der Waals surface area contributed by atoms with Gasteiger partial charge in [-0.1, -0.05) is 24.3 Å². The second-order valence-electron chi connectivity index (χ2n) is 5.50. The van der Waals surface area contributed by atoms with Gasteiger partial charge < -0.3 is 10.1 Å². The average molecular weight is 267 g/mol. The van der Waals surface area contributed by atoms with Gasteiger partial charge in [0.2, 0.25) is 0 Å². The Labute approximate surface area is 112 Å². The molecule has 1 unspecified atom stereocenters. The molecule has 2 aliphatic rings. The molecule has 1 atom stereocenters. The van der Waals surface area contributed by atoms with E-state index in [9.17, 15) is 8.78 Å². The first-order chi connectivity index (χ1) is 9.16. The molecule has 0 radical (unpaired) electrons. The summed E-state index contributed by atoms with van der Waals surface area (Å²) >= 11 is 0. The molecule has 1 aliphatic carbocycles. The molecule has 104 valence electrons. The summed E-state index contributed by atoms with van der Waals surface area (Å²) in [5.41, 5.74) is 1.21. The molecule has 4 heteroatoms. The summed E-state index contributed by atoms with van der Waals surface area (Å²) in [5.74, 6) is -3.09. The van der Waals surface area contributed by atoms with Gasteiger partial charge in [-0.3, -0.25) is 0 Å². The molecular formula is C15H19F2NO. The van der Waals surface area contributed by atoms with Crippen LogP contribution in [0.3, 0.4) is 0 Å². The lowest BCUT2D eigenvalue weighted by molar-refractivity contribution is -0.0285. The van der Waals surface area contributed by atoms with Gasteiger partial charge in [-0.2, -0.15) is 0 Å². The lowest BCUT2D eigenvalue weighted by atomic mass is 10.00. The highest BCUT2D eigenvalue weighted by Gasteiger charge is 2.47. The van der Waals surface area contributed by atoms with Crippen molar-refractivity contribution in [2.45, 2.75) is 31.3 Å². The molecule has 1 aromatic rings. The van der Waals surface area contributed by atoms with Crippen molar-refractivity contribution in [2.24, 2.45) is 5.92 Å². The van der Waals surface area contributed by atoms with E-state index in [0.717, 1.165) is 31.7 Å². The van der Waals surface area contributed by atoms with Crippen LogP contribution in [0.5, 0.6) is 0 Å². The summed E-state index contributed by atoms with van der Waals surface area (Å²) in [4.78, 5) is 0. The van der Waals surface area contributed by atoms with Crippen molar-refractivity contribution in [1.29, 1.82) is 0 Å². The normalized spacial score (nSPS) is 24.4. The van der Waals surface area contributed by atoms with Crippen LogP contribution in [0, 0.1) is 5.92 Å². The van der Waals surface area contributed by atoms with Crippen molar-refractivity contribution < 1.29 is 13.5 Å². The molecule has 1 N–H and O–H groups in total. The number of halogens is 2. The van der Waals surface area contributed by atoms with Gasteiger partial charge in [0.25, 0.3) is 5.92 Å². The summed E-state index contributed by atoms with van der Waals surface area (Å²) < 4.78 is 33.4. The largest absolute Gasteiger partial charge is 0.375 e. The predicted molar refractivity (Wildman–Crippen MR) is 69.4 cm³/mol. The Kier molecular flexibility index (Phi) is 3.54. The van der Waals surface area contributed by atoms with Gasteiger partial charge in [0.05, 0.1) is 12.7 Å². The first-order valence-electron chi connectivity index (χ1n) is 6.96. The molecule has 1 aromatic carbocycles. The molecule has 0 bridgehead atoms. The molecular weight excluding hydrogens is 248 g/mol. The molecule has 3 rings (SSSR count). The van der Waals surface area contributed by atoms with Gasteiger partial charge in [0.15, 0.2) is 0 Å². The van der Waals surface area contributed by atoms with E-state index >= 15 is 0 Å². The SMILES string of the molecule is FC(F)(c1ccc(CC2CNCCO2)cc1)C1CC1. The van der Waals surface area contributed by atoms with Gasteiger partial charge in [-0.15, -0.1) is 0 Å². The van der Waals surface area contributed by atoms with Gasteiger partial charge >= 0.3 is 0 Å². The van der Waals surface area contributed by atoms with E-state index in [1.807, 2.05) is 12.1 Å². The maximum atomic E-state index is 13.9. The van der Waals surface area contributed by atoms with Gasteiger partial charge in [0, 0.05) is 24.6 Å². The van der Waals surface area contributed by atoms with Crippen molar-refractivity contribution in [3.05, 3.63) is 35.4 Å². The number of hydrogen-bond donors (Lipinski definition) is 1. The molecule has 19 heavy (non-hydrogen) atoms. The topological polar surface area (TPSA) is 21.3 Å². The molecule has 0 spiro atoms. The molecule has 2 nitrogen and oxygen atoms in total. The van der Waals surface area contributed by atoms with Crippen molar-refractivity contribution in [2.75, 3.05) is 19.7 Å². The van der Waals surface area contributed by atoms with E-state index in [-0.39, 0.29) is 11.7 Å². The average Bonchev–Trinajstić information content (AvgIpc) is 3.25. The van der Waals surface area contributed by atoms with Crippen LogP contribution in [0.25, 0.3) is 0 Å². The minimum atomic E-state index is -2.65. The van der Waals surface area contributed by atoms with E-state index in [4.69, 9.17) is 4.74 Å². The summed E-state index contributed by atoms with van der Waals surface area (Å²) in [6.45, 7) is 2.45. The number of morpholine rings is 1. The molecule has 1 saturated carbocycles. The second kappa shape index (κ2) is 5.17. The number of alkyl halides is 2. The van der Waals surface area contributed by atoms with Crippen LogP contribution in [-0.2, 0) is 17.1 Å². The lowest BCUT2D eigenvalue weighted by Crippen LogP contribution is -2.39. The monoisotopic (exact) mass is 267 g/mol. The molecule has 1 saturated heterocycles. The highest BCUT2D eigenvalue weighted by molar-refractivity contribution is 5.27. The lowest BCUT2D eigenvalue weighted by Gasteiger charge is -2.24. The Bertz CT molecular complexity index is 422. The van der Waals surface area contributed by atoms with Gasteiger partial charge in [-0.25, -0.2) is 8.78 Å². The number of benzene rings is 1. The standard InChI is InChI=1S/C15H19F2NO/c16-15(17,13-5-6-13)12-3-1-11(2-4-12)9-14-10-18-7-8-19-14/h1-4,13-14,18H,5-10H2. The van der Waals surface area contributed by atoms with Gasteiger partial charge in [-0.05, 0) is 24.8 Å². The Morgan fingerprint density at radius 1 is 1.21 bits per heavy atom. The van der Waals surface area contributed by atoms with E-state index < -0.39 is 11.8 Å². The third-order valence-corrected chi connectivity index (χ3v) is 3.90. The fourth-order valence-corrected chi connectivity index (χ4v) is 2.56. The Morgan fingerprint density at radius 3 is 2.53 bits per heavy atom. The Balaban J connectivity index is 1.65. The minimum absolute atomic E-state index is 0.154. The van der Waals surface area contributed by atoms with Crippen LogP contribution < -0.4 is 5.32 Å². The Hall–Kier alpha value is -1.00. The number of ether oxygens (including phenoxy) is 1. The van der Waals surface area contributed by atoms with E-state index in [2.05, 4.69) is 5.32 Å². The number of hydrogen-bond acceptors (Lipinski definition) is 2. The van der Waals surface area contributed by atoms with Crippen molar-refractivity contribution in [3.8, 4) is 0 Å². The minimum Gasteiger partial charge on any atom is -0.375 e. The third-order valence-electron chi connectivity index (χ3n) is 3.90. The summed E-state index contributed by atoms with van der Waals surface area (Å²) in [6, 6.07) is 6.76. The van der Waals surface area contributed by atoms with E-state index in [1.165, 1.54) is 0 Å². The maximum Gasteiger partial charge on any atom is 0.276 e. The highest BCUT2D eigenvalue weighted by atomic mass is 19.3. The van der Waals surface area contributed by atoms with Crippen molar-refractivity contribution in [3.63, 3.8) is 0 Å². The van der Waals surface area contributed by atoms with Crippen molar-refractivity contribution >= 4 is 0 Å². The molecule has 0 amide bonds. The van der Waals surface area contributed by atoms with Crippen LogP contribution in [0.1, 0.15) is 24.0 Å². The Morgan fingerprint density at radius 2 is 1.95 bits per heavy atom. The smallest absolute Gasteiger partial charge is 0.276 e.